The van der Waals surface area contributed by atoms with Gasteiger partial charge in [-0.3, -0.25) is 0 Å². The van der Waals surface area contributed by atoms with E-state index in [9.17, 15) is 0 Å². The van der Waals surface area contributed by atoms with E-state index in [1.54, 1.807) is 24.3 Å². The summed E-state index contributed by atoms with van der Waals surface area (Å²) in [5.74, 6) is 0. The lowest BCUT2D eigenvalue weighted by atomic mass is 10.3. The Labute approximate surface area is 122 Å². The van der Waals surface area contributed by atoms with E-state index in [0.717, 1.165) is 34.0 Å². The Morgan fingerprint density at radius 3 is 1.85 bits per heavy atom. The molecule has 0 saturated heterocycles. The maximum Gasteiger partial charge on any atom is 0.0858 e. The monoisotopic (exact) mass is 289 g/mol. The first-order valence-corrected chi connectivity index (χ1v) is 6.70. The van der Waals surface area contributed by atoms with Crippen LogP contribution in [-0.2, 0) is 4.33 Å². The van der Waals surface area contributed by atoms with Gasteiger partial charge >= 0.3 is 0 Å². The molecular formula is C14H15N3O2S. The van der Waals surface area contributed by atoms with Crippen molar-refractivity contribution in [3.8, 4) is 0 Å². The number of anilines is 1. The zero-order valence-electron chi connectivity index (χ0n) is 11.2. The third-order valence-electron chi connectivity index (χ3n) is 2.62. The standard InChI is InChI=1S/C14H15N3O2S/c1-17(2)13-7-3-11(4-8-13)15-16-12-5-9-14(10-6-12)20-19-18/h3-10,18H,1-2H3. The van der Waals surface area contributed by atoms with E-state index in [2.05, 4.69) is 14.6 Å². The Bertz CT molecular complexity index is 568. The quantitative estimate of drug-likeness (QED) is 0.376. The van der Waals surface area contributed by atoms with Gasteiger partial charge in [-0.05, 0) is 48.5 Å². The van der Waals surface area contributed by atoms with Crippen LogP contribution in [0.4, 0.5) is 17.1 Å². The van der Waals surface area contributed by atoms with Gasteiger partial charge in [-0.2, -0.15) is 14.6 Å². The van der Waals surface area contributed by atoms with E-state index in [1.807, 2.05) is 43.3 Å². The van der Waals surface area contributed by atoms with Crippen molar-refractivity contribution in [2.24, 2.45) is 10.2 Å². The Morgan fingerprint density at radius 2 is 1.40 bits per heavy atom. The minimum absolute atomic E-state index is 0.740. The molecule has 6 heteroatoms. The summed E-state index contributed by atoms with van der Waals surface area (Å²) in [6, 6.07) is 15.0. The van der Waals surface area contributed by atoms with Crippen LogP contribution in [0.5, 0.6) is 0 Å². The molecule has 5 nitrogen and oxygen atoms in total. The van der Waals surface area contributed by atoms with Crippen molar-refractivity contribution in [1.29, 1.82) is 0 Å². The molecule has 0 fully saturated rings. The largest absolute Gasteiger partial charge is 0.378 e. The molecule has 2 rings (SSSR count). The highest BCUT2D eigenvalue weighted by molar-refractivity contribution is 7.94. The number of benzene rings is 2. The first kappa shape index (κ1) is 14.5. The number of azo groups is 1. The summed E-state index contributed by atoms with van der Waals surface area (Å²) < 4.78 is 3.99. The molecule has 0 heterocycles. The topological polar surface area (TPSA) is 57.4 Å². The van der Waals surface area contributed by atoms with Crippen LogP contribution in [0.15, 0.2) is 63.7 Å². The van der Waals surface area contributed by atoms with Gasteiger partial charge in [0.15, 0.2) is 0 Å². The molecule has 0 aromatic heterocycles. The first-order chi connectivity index (χ1) is 9.69. The van der Waals surface area contributed by atoms with E-state index in [1.165, 1.54) is 0 Å². The number of nitrogens with zero attached hydrogens (tertiary/aromatic N) is 3. The van der Waals surface area contributed by atoms with Gasteiger partial charge in [-0.15, -0.1) is 0 Å². The van der Waals surface area contributed by atoms with Gasteiger partial charge in [0, 0.05) is 24.7 Å². The molecule has 2 aromatic rings. The number of rotatable bonds is 5. The van der Waals surface area contributed by atoms with Crippen molar-refractivity contribution >= 4 is 29.1 Å². The van der Waals surface area contributed by atoms with Crippen LogP contribution in [-0.4, -0.2) is 19.4 Å². The Balaban J connectivity index is 2.04. The molecule has 0 amide bonds. The molecule has 2 aromatic carbocycles. The molecule has 0 spiro atoms. The summed E-state index contributed by atoms with van der Waals surface area (Å²) in [4.78, 5) is 2.82. The average Bonchev–Trinajstić information content (AvgIpc) is 2.47. The zero-order chi connectivity index (χ0) is 14.4. The van der Waals surface area contributed by atoms with Crippen molar-refractivity contribution < 1.29 is 9.59 Å². The Kier molecular flexibility index (Phi) is 5.11. The smallest absolute Gasteiger partial charge is 0.0858 e. The highest BCUT2D eigenvalue weighted by Crippen LogP contribution is 2.24. The molecular weight excluding hydrogens is 274 g/mol. The summed E-state index contributed by atoms with van der Waals surface area (Å²) in [6.07, 6.45) is 0. The maximum atomic E-state index is 8.32. The highest BCUT2D eigenvalue weighted by Gasteiger charge is 1.96. The third-order valence-corrected chi connectivity index (χ3v) is 3.16. The van der Waals surface area contributed by atoms with E-state index in [4.69, 9.17) is 5.26 Å². The molecule has 0 unspecified atom stereocenters. The maximum absolute atomic E-state index is 8.32. The second kappa shape index (κ2) is 7.04. The Hall–Kier alpha value is -1.89. The van der Waals surface area contributed by atoms with Crippen molar-refractivity contribution in [2.45, 2.75) is 4.90 Å². The lowest BCUT2D eigenvalue weighted by molar-refractivity contribution is -0.116. The van der Waals surface area contributed by atoms with Crippen LogP contribution in [0.2, 0.25) is 0 Å². The van der Waals surface area contributed by atoms with E-state index >= 15 is 0 Å². The molecule has 104 valence electrons. The highest BCUT2D eigenvalue weighted by atomic mass is 32.2. The summed E-state index contributed by atoms with van der Waals surface area (Å²) >= 11 is 0.881. The van der Waals surface area contributed by atoms with E-state index < -0.39 is 0 Å². The van der Waals surface area contributed by atoms with Gasteiger partial charge in [0.1, 0.15) is 0 Å². The van der Waals surface area contributed by atoms with Crippen molar-refractivity contribution in [1.82, 2.24) is 0 Å². The molecule has 0 radical (unpaired) electrons. The van der Waals surface area contributed by atoms with Crippen LogP contribution in [0.3, 0.4) is 0 Å². The van der Waals surface area contributed by atoms with Crippen molar-refractivity contribution in [2.75, 3.05) is 19.0 Å². The molecule has 0 aliphatic rings. The molecule has 20 heavy (non-hydrogen) atoms. The zero-order valence-corrected chi connectivity index (χ0v) is 12.0. The van der Waals surface area contributed by atoms with Gasteiger partial charge in [0.05, 0.1) is 23.4 Å². The van der Waals surface area contributed by atoms with Crippen LogP contribution in [0.1, 0.15) is 0 Å². The lowest BCUT2D eigenvalue weighted by Gasteiger charge is -2.11. The fraction of sp³-hybridized carbons (Fsp3) is 0.143. The lowest BCUT2D eigenvalue weighted by Crippen LogP contribution is -2.07. The van der Waals surface area contributed by atoms with Gasteiger partial charge in [0.2, 0.25) is 0 Å². The molecule has 0 bridgehead atoms. The summed E-state index contributed by atoms with van der Waals surface area (Å²) in [6.45, 7) is 0. The third kappa shape index (κ3) is 4.06. The average molecular weight is 289 g/mol. The second-order valence-corrected chi connectivity index (χ2v) is 5.05. The van der Waals surface area contributed by atoms with Crippen LogP contribution in [0.25, 0.3) is 0 Å². The normalized spacial score (nSPS) is 10.9. The fourth-order valence-electron chi connectivity index (χ4n) is 1.54. The van der Waals surface area contributed by atoms with Crippen LogP contribution in [0, 0.1) is 0 Å². The fourth-order valence-corrected chi connectivity index (χ4v) is 1.88. The summed E-state index contributed by atoms with van der Waals surface area (Å²) in [5.41, 5.74) is 2.66. The molecule has 0 aliphatic heterocycles. The number of hydrogen-bond donors (Lipinski definition) is 1. The summed E-state index contributed by atoms with van der Waals surface area (Å²) in [7, 11) is 3.98. The van der Waals surface area contributed by atoms with E-state index in [-0.39, 0.29) is 0 Å². The van der Waals surface area contributed by atoms with Gasteiger partial charge in [0.25, 0.3) is 0 Å². The molecule has 0 aliphatic carbocycles. The Morgan fingerprint density at radius 1 is 0.900 bits per heavy atom. The SMILES string of the molecule is CN(C)c1ccc(N=Nc2ccc(SOO)cc2)cc1. The van der Waals surface area contributed by atoms with Crippen LogP contribution >= 0.6 is 12.0 Å². The van der Waals surface area contributed by atoms with Crippen LogP contribution < -0.4 is 4.90 Å². The molecule has 1 N–H and O–H groups in total. The first-order valence-electron chi connectivity index (χ1n) is 5.96. The number of hydrogen-bond acceptors (Lipinski definition) is 6. The van der Waals surface area contributed by atoms with Crippen molar-refractivity contribution in [3.63, 3.8) is 0 Å². The predicted molar refractivity (Wildman–Crippen MR) is 81.0 cm³/mol. The van der Waals surface area contributed by atoms with Gasteiger partial charge in [-0.1, -0.05) is 0 Å². The predicted octanol–water partition coefficient (Wildman–Crippen LogP) is 4.66. The van der Waals surface area contributed by atoms with Gasteiger partial charge in [-0.25, -0.2) is 5.26 Å². The second-order valence-electron chi connectivity index (χ2n) is 4.26. The van der Waals surface area contributed by atoms with Gasteiger partial charge < -0.3 is 4.90 Å². The van der Waals surface area contributed by atoms with E-state index in [0.29, 0.717) is 0 Å². The van der Waals surface area contributed by atoms with Crippen molar-refractivity contribution in [3.05, 3.63) is 48.5 Å². The minimum atomic E-state index is 0.740. The molecule has 0 saturated carbocycles. The minimum Gasteiger partial charge on any atom is -0.378 e. The summed E-state index contributed by atoms with van der Waals surface area (Å²) in [5, 5.41) is 16.6. The molecule has 0 atom stereocenters.